The van der Waals surface area contributed by atoms with Gasteiger partial charge in [-0.05, 0) is 129 Å². The molecule has 0 N–H and O–H groups in total. The molecule has 0 radical (unpaired) electrons. The second-order valence-electron chi connectivity index (χ2n) is 18.3. The first-order valence-electron chi connectivity index (χ1n) is 23.8. The smallest absolute Gasteiger partial charge is 0.0561 e. The SMILES string of the molecule is c1ccc(-c2ccccc2-c2ccccc2-c2ccccc2N(c2ccc(-c3ccc4c(c3)C3(CCCC3)c3ccccc3-4)cc2)c2ccc3c4ccccc4n(-c4ccccc4)c3c2)cc1. The lowest BCUT2D eigenvalue weighted by Gasteiger charge is -2.29. The van der Waals surface area contributed by atoms with E-state index in [2.05, 4.69) is 252 Å². The van der Waals surface area contributed by atoms with Gasteiger partial charge < -0.3 is 9.47 Å². The highest BCUT2D eigenvalue weighted by molar-refractivity contribution is 6.10. The van der Waals surface area contributed by atoms with Gasteiger partial charge in [-0.15, -0.1) is 0 Å². The molecule has 13 rings (SSSR count). The van der Waals surface area contributed by atoms with Crippen LogP contribution in [0.25, 0.3) is 83.1 Å². The highest BCUT2D eigenvalue weighted by Crippen LogP contribution is 2.57. The van der Waals surface area contributed by atoms with Gasteiger partial charge in [0.2, 0.25) is 0 Å². The van der Waals surface area contributed by atoms with E-state index in [0.29, 0.717) is 0 Å². The zero-order chi connectivity index (χ0) is 44.3. The van der Waals surface area contributed by atoms with Crippen LogP contribution in [0, 0.1) is 0 Å². The van der Waals surface area contributed by atoms with Crippen molar-refractivity contribution in [3.63, 3.8) is 0 Å². The van der Waals surface area contributed by atoms with Gasteiger partial charge in [-0.1, -0.05) is 201 Å². The molecular formula is C65H48N2. The number of fused-ring (bicyclic) bond motifs is 8. The summed E-state index contributed by atoms with van der Waals surface area (Å²) in [7, 11) is 0. The van der Waals surface area contributed by atoms with Crippen LogP contribution in [0.2, 0.25) is 0 Å². The van der Waals surface area contributed by atoms with E-state index in [-0.39, 0.29) is 5.41 Å². The largest absolute Gasteiger partial charge is 0.310 e. The van der Waals surface area contributed by atoms with Gasteiger partial charge in [-0.25, -0.2) is 0 Å². The summed E-state index contributed by atoms with van der Waals surface area (Å²) >= 11 is 0. The zero-order valence-electron chi connectivity index (χ0n) is 37.3. The molecule has 0 bridgehead atoms. The van der Waals surface area contributed by atoms with Crippen LogP contribution in [0.4, 0.5) is 17.1 Å². The molecular weight excluding hydrogens is 809 g/mol. The topological polar surface area (TPSA) is 8.17 Å². The standard InChI is InChI=1S/C65H48N2/c1-3-19-46(20-4-1)51-23-7-8-24-52(51)53-25-9-10-26-54(53)57-28-12-15-31-62(57)66(50-38-40-59-58-29-13-16-32-63(58)67(64(59)44-50)48-21-5-2-6-22-48)49-36-33-45(34-37-49)47-35-39-56-55-27-11-14-30-60(55)65(61(56)43-47)41-17-18-42-65/h1-16,19-40,43-44H,17-18,41-42H2. The van der Waals surface area contributed by atoms with E-state index in [4.69, 9.17) is 0 Å². The van der Waals surface area contributed by atoms with Crippen molar-refractivity contribution in [1.82, 2.24) is 4.57 Å². The molecule has 0 aliphatic heterocycles. The van der Waals surface area contributed by atoms with Crippen LogP contribution in [0.5, 0.6) is 0 Å². The number of hydrogen-bond acceptors (Lipinski definition) is 1. The molecule has 1 aromatic heterocycles. The minimum absolute atomic E-state index is 0.126. The summed E-state index contributed by atoms with van der Waals surface area (Å²) in [5, 5.41) is 2.47. The fraction of sp³-hybridized carbons (Fsp3) is 0.0769. The van der Waals surface area contributed by atoms with Crippen molar-refractivity contribution in [2.24, 2.45) is 0 Å². The monoisotopic (exact) mass is 856 g/mol. The van der Waals surface area contributed by atoms with Crippen molar-refractivity contribution in [1.29, 1.82) is 0 Å². The number of rotatable bonds is 8. The average Bonchev–Trinajstić information content (AvgIpc) is 4.11. The fourth-order valence-corrected chi connectivity index (χ4v) is 11.8. The van der Waals surface area contributed by atoms with E-state index in [0.717, 1.165) is 28.3 Å². The first-order chi connectivity index (χ1) is 33.2. The summed E-state index contributed by atoms with van der Waals surface area (Å²) in [5.74, 6) is 0. The highest BCUT2D eigenvalue weighted by Gasteiger charge is 2.44. The van der Waals surface area contributed by atoms with Crippen LogP contribution in [0.15, 0.2) is 243 Å². The molecule has 0 saturated heterocycles. The summed E-state index contributed by atoms with van der Waals surface area (Å²) in [6.07, 6.45) is 5.02. The molecule has 11 aromatic rings. The van der Waals surface area contributed by atoms with E-state index in [1.54, 1.807) is 0 Å². The molecule has 2 aliphatic carbocycles. The first-order valence-corrected chi connectivity index (χ1v) is 23.8. The number of para-hydroxylation sites is 3. The number of hydrogen-bond donors (Lipinski definition) is 0. The average molecular weight is 857 g/mol. The fourth-order valence-electron chi connectivity index (χ4n) is 11.8. The second kappa shape index (κ2) is 16.0. The van der Waals surface area contributed by atoms with E-state index < -0.39 is 0 Å². The summed E-state index contributed by atoms with van der Waals surface area (Å²) in [6.45, 7) is 0. The Morgan fingerprint density at radius 2 is 0.866 bits per heavy atom. The molecule has 0 atom stereocenters. The Hall–Kier alpha value is -8.20. The quantitative estimate of drug-likeness (QED) is 0.148. The van der Waals surface area contributed by atoms with Gasteiger partial charge in [-0.2, -0.15) is 0 Å². The maximum Gasteiger partial charge on any atom is 0.0561 e. The van der Waals surface area contributed by atoms with Crippen molar-refractivity contribution in [2.45, 2.75) is 31.1 Å². The second-order valence-corrected chi connectivity index (χ2v) is 18.3. The Morgan fingerprint density at radius 3 is 1.63 bits per heavy atom. The molecule has 2 nitrogen and oxygen atoms in total. The van der Waals surface area contributed by atoms with Gasteiger partial charge in [0.1, 0.15) is 0 Å². The lowest BCUT2D eigenvalue weighted by atomic mass is 9.76. The Balaban J connectivity index is 0.992. The third-order valence-electron chi connectivity index (χ3n) is 14.8. The minimum Gasteiger partial charge on any atom is -0.310 e. The van der Waals surface area contributed by atoms with Crippen LogP contribution >= 0.6 is 0 Å². The van der Waals surface area contributed by atoms with Gasteiger partial charge in [-0.3, -0.25) is 0 Å². The van der Waals surface area contributed by atoms with Gasteiger partial charge in [0.15, 0.2) is 0 Å². The molecule has 2 heteroatoms. The van der Waals surface area contributed by atoms with Crippen LogP contribution in [0.1, 0.15) is 36.8 Å². The molecule has 0 amide bonds. The molecule has 1 heterocycles. The summed E-state index contributed by atoms with van der Waals surface area (Å²) in [5.41, 5.74) is 22.5. The van der Waals surface area contributed by atoms with Crippen molar-refractivity contribution >= 4 is 38.9 Å². The molecule has 2 aliphatic rings. The Morgan fingerprint density at radius 1 is 0.328 bits per heavy atom. The molecule has 1 saturated carbocycles. The number of aromatic nitrogens is 1. The van der Waals surface area contributed by atoms with E-state index >= 15 is 0 Å². The Kier molecular flexibility index (Phi) is 9.39. The van der Waals surface area contributed by atoms with Crippen molar-refractivity contribution in [2.75, 3.05) is 4.90 Å². The van der Waals surface area contributed by atoms with E-state index in [1.165, 1.54) is 109 Å². The molecule has 0 unspecified atom stereocenters. The maximum absolute atomic E-state index is 2.52. The molecule has 67 heavy (non-hydrogen) atoms. The van der Waals surface area contributed by atoms with E-state index in [1.807, 2.05) is 0 Å². The minimum atomic E-state index is 0.126. The number of anilines is 3. The summed E-state index contributed by atoms with van der Waals surface area (Å²) in [4.78, 5) is 2.47. The summed E-state index contributed by atoms with van der Waals surface area (Å²) in [6, 6.07) is 89.7. The highest BCUT2D eigenvalue weighted by atomic mass is 15.1. The summed E-state index contributed by atoms with van der Waals surface area (Å²) < 4.78 is 2.42. The van der Waals surface area contributed by atoms with Crippen molar-refractivity contribution in [3.8, 4) is 61.3 Å². The number of benzene rings is 10. The Labute approximate surface area is 392 Å². The van der Waals surface area contributed by atoms with E-state index in [9.17, 15) is 0 Å². The van der Waals surface area contributed by atoms with Crippen molar-refractivity contribution < 1.29 is 0 Å². The lowest BCUT2D eigenvalue weighted by Crippen LogP contribution is -2.20. The third kappa shape index (κ3) is 6.39. The van der Waals surface area contributed by atoms with Crippen LogP contribution < -0.4 is 4.90 Å². The van der Waals surface area contributed by atoms with Gasteiger partial charge in [0, 0.05) is 38.8 Å². The predicted molar refractivity (Wildman–Crippen MR) is 282 cm³/mol. The first kappa shape index (κ1) is 39.2. The predicted octanol–water partition coefficient (Wildman–Crippen LogP) is 17.8. The molecule has 1 spiro atoms. The molecule has 10 aromatic carbocycles. The van der Waals surface area contributed by atoms with Crippen molar-refractivity contribution in [3.05, 3.63) is 254 Å². The van der Waals surface area contributed by atoms with Gasteiger partial charge in [0.05, 0.1) is 16.7 Å². The normalized spacial score (nSPS) is 13.6. The van der Waals surface area contributed by atoms with Gasteiger partial charge in [0.25, 0.3) is 0 Å². The lowest BCUT2D eigenvalue weighted by molar-refractivity contribution is 0.550. The van der Waals surface area contributed by atoms with Crippen LogP contribution in [-0.2, 0) is 5.41 Å². The van der Waals surface area contributed by atoms with Crippen LogP contribution in [-0.4, -0.2) is 4.57 Å². The molecule has 318 valence electrons. The molecule has 1 fully saturated rings. The van der Waals surface area contributed by atoms with Crippen LogP contribution in [0.3, 0.4) is 0 Å². The zero-order valence-corrected chi connectivity index (χ0v) is 37.3. The number of nitrogens with zero attached hydrogens (tertiary/aromatic N) is 2. The Bertz CT molecular complexity index is 3630. The third-order valence-corrected chi connectivity index (χ3v) is 14.8. The maximum atomic E-state index is 2.52. The van der Waals surface area contributed by atoms with Gasteiger partial charge >= 0.3 is 0 Å².